The van der Waals surface area contributed by atoms with E-state index in [0.29, 0.717) is 6.29 Å². The number of aldehydes is 1. The third-order valence-electron chi connectivity index (χ3n) is 4.16. The van der Waals surface area contributed by atoms with Crippen LogP contribution in [0.2, 0.25) is 0 Å². The summed E-state index contributed by atoms with van der Waals surface area (Å²) in [6.45, 7) is 0.681. The van der Waals surface area contributed by atoms with Crippen molar-refractivity contribution in [3.05, 3.63) is 35.9 Å². The molecule has 8 heteroatoms. The maximum absolute atomic E-state index is 12.3. The summed E-state index contributed by atoms with van der Waals surface area (Å²) in [6, 6.07) is 8.31. The molecule has 0 aliphatic carbocycles. The molecular formula is C18H22N2O6. The Morgan fingerprint density at radius 1 is 1.19 bits per heavy atom. The minimum absolute atomic E-state index is 0.0484. The van der Waals surface area contributed by atoms with Crippen LogP contribution in [0.1, 0.15) is 18.4 Å². The van der Waals surface area contributed by atoms with Gasteiger partial charge in [0.1, 0.15) is 18.9 Å². The second-order valence-corrected chi connectivity index (χ2v) is 5.81. The number of carbonyl (C=O) groups excluding carboxylic acids is 4. The third-order valence-corrected chi connectivity index (χ3v) is 4.16. The molecule has 1 saturated heterocycles. The van der Waals surface area contributed by atoms with Crippen LogP contribution in [-0.4, -0.2) is 66.8 Å². The fourth-order valence-electron chi connectivity index (χ4n) is 2.74. The van der Waals surface area contributed by atoms with Crippen molar-refractivity contribution in [1.29, 1.82) is 0 Å². The van der Waals surface area contributed by atoms with E-state index in [1.807, 2.05) is 30.3 Å². The van der Waals surface area contributed by atoms with Crippen LogP contribution in [0, 0.1) is 0 Å². The molecule has 1 aliphatic heterocycles. The second kappa shape index (κ2) is 9.55. The van der Waals surface area contributed by atoms with Crippen LogP contribution in [0.3, 0.4) is 0 Å². The van der Waals surface area contributed by atoms with Gasteiger partial charge in [-0.05, 0) is 5.56 Å². The lowest BCUT2D eigenvalue weighted by Gasteiger charge is -2.27. The molecule has 0 N–H and O–H groups in total. The van der Waals surface area contributed by atoms with E-state index in [9.17, 15) is 19.2 Å². The first kappa shape index (κ1) is 19.4. The summed E-state index contributed by atoms with van der Waals surface area (Å²) in [4.78, 5) is 50.0. The van der Waals surface area contributed by atoms with Crippen LogP contribution < -0.4 is 0 Å². The summed E-state index contributed by atoms with van der Waals surface area (Å²) in [5.41, 5.74) is 0.866. The van der Waals surface area contributed by atoms with Crippen molar-refractivity contribution in [1.82, 2.24) is 9.80 Å². The normalized spacial score (nSPS) is 15.8. The lowest BCUT2D eigenvalue weighted by Crippen LogP contribution is -2.47. The molecule has 8 nitrogen and oxygen atoms in total. The molecule has 1 fully saturated rings. The van der Waals surface area contributed by atoms with E-state index in [4.69, 9.17) is 4.74 Å². The van der Waals surface area contributed by atoms with E-state index in [0.717, 1.165) is 5.56 Å². The second-order valence-electron chi connectivity index (χ2n) is 5.81. The monoisotopic (exact) mass is 362 g/mol. The topological polar surface area (TPSA) is 93.2 Å². The van der Waals surface area contributed by atoms with Crippen molar-refractivity contribution in [2.75, 3.05) is 26.7 Å². The smallest absolute Gasteiger partial charge is 0.410 e. The number of amides is 2. The molecule has 0 radical (unpaired) electrons. The van der Waals surface area contributed by atoms with Gasteiger partial charge in [-0.3, -0.25) is 4.79 Å². The van der Waals surface area contributed by atoms with Gasteiger partial charge in [0.05, 0.1) is 7.11 Å². The minimum Gasteiger partial charge on any atom is -0.467 e. The molecule has 1 aromatic carbocycles. The van der Waals surface area contributed by atoms with Gasteiger partial charge in [0.2, 0.25) is 5.91 Å². The quantitative estimate of drug-likeness (QED) is 0.553. The number of hydrogen-bond acceptors (Lipinski definition) is 6. The number of esters is 1. The predicted octanol–water partition coefficient (Wildman–Crippen LogP) is 0.988. The highest BCUT2D eigenvalue weighted by atomic mass is 16.6. The zero-order valence-electron chi connectivity index (χ0n) is 14.6. The van der Waals surface area contributed by atoms with E-state index in [2.05, 4.69) is 4.74 Å². The molecule has 1 atom stereocenters. The van der Waals surface area contributed by atoms with E-state index in [-0.39, 0.29) is 45.0 Å². The molecule has 1 heterocycles. The van der Waals surface area contributed by atoms with E-state index >= 15 is 0 Å². The molecule has 0 aromatic heterocycles. The van der Waals surface area contributed by atoms with Crippen molar-refractivity contribution in [3.8, 4) is 0 Å². The van der Waals surface area contributed by atoms with E-state index in [1.54, 1.807) is 0 Å². The largest absolute Gasteiger partial charge is 0.467 e. The minimum atomic E-state index is -0.967. The summed E-state index contributed by atoms with van der Waals surface area (Å²) in [5, 5.41) is 0. The van der Waals surface area contributed by atoms with Gasteiger partial charge in [-0.25, -0.2) is 9.59 Å². The van der Waals surface area contributed by atoms with Crippen LogP contribution in [0.5, 0.6) is 0 Å². The number of nitrogens with zero attached hydrogens (tertiary/aromatic N) is 2. The molecule has 0 spiro atoms. The Balaban J connectivity index is 1.96. The van der Waals surface area contributed by atoms with Crippen molar-refractivity contribution in [2.45, 2.75) is 25.5 Å². The lowest BCUT2D eigenvalue weighted by atomic mass is 10.1. The fraction of sp³-hybridized carbons (Fsp3) is 0.444. The molecule has 26 heavy (non-hydrogen) atoms. The lowest BCUT2D eigenvalue weighted by molar-refractivity contribution is -0.153. The van der Waals surface area contributed by atoms with Gasteiger partial charge >= 0.3 is 12.1 Å². The Bertz CT molecular complexity index is 648. The number of benzene rings is 1. The molecular weight excluding hydrogens is 340 g/mol. The van der Waals surface area contributed by atoms with Crippen LogP contribution in [-0.2, 0) is 30.5 Å². The number of ether oxygens (including phenoxy) is 2. The Morgan fingerprint density at radius 2 is 1.92 bits per heavy atom. The van der Waals surface area contributed by atoms with Crippen LogP contribution in [0.15, 0.2) is 30.3 Å². The van der Waals surface area contributed by atoms with Crippen LogP contribution >= 0.6 is 0 Å². The van der Waals surface area contributed by atoms with Gasteiger partial charge < -0.3 is 24.1 Å². The maximum atomic E-state index is 12.3. The summed E-state index contributed by atoms with van der Waals surface area (Å²) in [5.74, 6) is -0.953. The summed E-state index contributed by atoms with van der Waals surface area (Å²) >= 11 is 0. The molecule has 1 aliphatic rings. The first-order valence-corrected chi connectivity index (χ1v) is 8.33. The summed E-state index contributed by atoms with van der Waals surface area (Å²) in [7, 11) is 1.20. The van der Waals surface area contributed by atoms with Crippen molar-refractivity contribution in [3.63, 3.8) is 0 Å². The highest BCUT2D eigenvalue weighted by Gasteiger charge is 2.33. The highest BCUT2D eigenvalue weighted by molar-refractivity contribution is 5.86. The molecule has 140 valence electrons. The molecule has 2 rings (SSSR count). The Labute approximate surface area is 151 Å². The molecule has 1 unspecified atom stereocenters. The average Bonchev–Trinajstić information content (AvgIpc) is 2.86. The number of rotatable bonds is 6. The molecule has 0 bridgehead atoms. The zero-order chi connectivity index (χ0) is 18.9. The third kappa shape index (κ3) is 5.05. The van der Waals surface area contributed by atoms with Gasteiger partial charge in [-0.1, -0.05) is 30.3 Å². The van der Waals surface area contributed by atoms with E-state index < -0.39 is 18.1 Å². The van der Waals surface area contributed by atoms with Gasteiger partial charge in [0, 0.05) is 32.5 Å². The maximum Gasteiger partial charge on any atom is 0.410 e. The van der Waals surface area contributed by atoms with E-state index in [1.165, 1.54) is 16.9 Å². The SMILES string of the molecule is COC(=O)C(CC=O)N1CCN(C(=O)OCc2ccccc2)CCC1=O. The number of carbonyl (C=O) groups is 4. The first-order chi connectivity index (χ1) is 12.6. The predicted molar refractivity (Wildman–Crippen MR) is 91.0 cm³/mol. The number of hydrogen-bond donors (Lipinski definition) is 0. The van der Waals surface area contributed by atoms with Gasteiger partial charge in [-0.15, -0.1) is 0 Å². The van der Waals surface area contributed by atoms with Crippen molar-refractivity contribution >= 4 is 24.3 Å². The van der Waals surface area contributed by atoms with Gasteiger partial charge in [-0.2, -0.15) is 0 Å². The number of methoxy groups -OCH3 is 1. The average molecular weight is 362 g/mol. The summed E-state index contributed by atoms with van der Waals surface area (Å²) < 4.78 is 9.95. The Morgan fingerprint density at radius 3 is 2.58 bits per heavy atom. The Hall–Kier alpha value is -2.90. The Kier molecular flexibility index (Phi) is 7.13. The fourth-order valence-corrected chi connectivity index (χ4v) is 2.74. The van der Waals surface area contributed by atoms with Gasteiger partial charge in [0.25, 0.3) is 0 Å². The highest BCUT2D eigenvalue weighted by Crippen LogP contribution is 2.13. The molecule has 2 amide bonds. The summed E-state index contributed by atoms with van der Waals surface area (Å²) in [6.07, 6.45) is -0.0384. The van der Waals surface area contributed by atoms with Crippen LogP contribution in [0.4, 0.5) is 4.79 Å². The standard InChI is InChI=1S/C18H22N2O6/c1-25-17(23)15(8-12-21)20-11-10-19(9-7-16(20)22)18(24)26-13-14-5-3-2-4-6-14/h2-6,12,15H,7-11,13H2,1H3. The molecule has 0 saturated carbocycles. The zero-order valence-corrected chi connectivity index (χ0v) is 14.6. The first-order valence-electron chi connectivity index (χ1n) is 8.33. The molecule has 1 aromatic rings. The van der Waals surface area contributed by atoms with Gasteiger partial charge in [0.15, 0.2) is 0 Å². The van der Waals surface area contributed by atoms with Crippen LogP contribution in [0.25, 0.3) is 0 Å². The van der Waals surface area contributed by atoms with Crippen molar-refractivity contribution < 1.29 is 28.7 Å². The van der Waals surface area contributed by atoms with Crippen molar-refractivity contribution in [2.24, 2.45) is 0 Å².